The maximum atomic E-state index is 11.8. The van der Waals surface area contributed by atoms with Gasteiger partial charge in [0.15, 0.2) is 0 Å². The maximum absolute atomic E-state index is 11.8. The molecule has 0 atom stereocenters. The molecular formula is C12H23NO4. The van der Waals surface area contributed by atoms with Gasteiger partial charge in [0.1, 0.15) is 0 Å². The monoisotopic (exact) mass is 245 g/mol. The molecule has 0 saturated carbocycles. The van der Waals surface area contributed by atoms with Crippen LogP contribution in [0.4, 0.5) is 0 Å². The largest absolute Gasteiger partial charge is 0.481 e. The summed E-state index contributed by atoms with van der Waals surface area (Å²) in [5, 5.41) is 8.73. The Morgan fingerprint density at radius 1 is 1.29 bits per heavy atom. The van der Waals surface area contributed by atoms with Gasteiger partial charge in [0.2, 0.25) is 5.91 Å². The van der Waals surface area contributed by atoms with E-state index in [2.05, 4.69) is 0 Å². The first-order valence-corrected chi connectivity index (χ1v) is 5.73. The molecule has 0 aromatic carbocycles. The lowest BCUT2D eigenvalue weighted by Crippen LogP contribution is -2.33. The zero-order chi connectivity index (χ0) is 13.5. The number of methoxy groups -OCH3 is 1. The molecule has 0 radical (unpaired) electrons. The van der Waals surface area contributed by atoms with E-state index in [0.717, 1.165) is 6.42 Å². The van der Waals surface area contributed by atoms with Gasteiger partial charge in [-0.15, -0.1) is 0 Å². The molecule has 1 amide bonds. The van der Waals surface area contributed by atoms with Gasteiger partial charge < -0.3 is 14.7 Å². The van der Waals surface area contributed by atoms with Crippen molar-refractivity contribution in [3.05, 3.63) is 0 Å². The topological polar surface area (TPSA) is 66.8 Å². The van der Waals surface area contributed by atoms with Gasteiger partial charge in [-0.3, -0.25) is 9.59 Å². The summed E-state index contributed by atoms with van der Waals surface area (Å²) < 4.78 is 4.91. The van der Waals surface area contributed by atoms with Crippen molar-refractivity contribution < 1.29 is 19.4 Å². The lowest BCUT2D eigenvalue weighted by Gasteiger charge is -2.25. The molecule has 0 aliphatic carbocycles. The van der Waals surface area contributed by atoms with E-state index in [1.165, 1.54) is 0 Å². The van der Waals surface area contributed by atoms with Crippen LogP contribution in [-0.2, 0) is 14.3 Å². The molecule has 0 aromatic heterocycles. The van der Waals surface area contributed by atoms with Crippen molar-refractivity contribution in [2.24, 2.45) is 5.41 Å². The van der Waals surface area contributed by atoms with Gasteiger partial charge in [-0.1, -0.05) is 13.8 Å². The normalized spacial score (nSPS) is 11.3. The van der Waals surface area contributed by atoms with E-state index < -0.39 is 11.4 Å². The third-order valence-corrected chi connectivity index (χ3v) is 2.53. The van der Waals surface area contributed by atoms with E-state index in [9.17, 15) is 9.59 Å². The number of carbonyl (C=O) groups excluding carboxylic acids is 1. The first kappa shape index (κ1) is 15.9. The van der Waals surface area contributed by atoms with E-state index in [0.29, 0.717) is 13.2 Å². The van der Waals surface area contributed by atoms with Gasteiger partial charge >= 0.3 is 5.97 Å². The minimum Gasteiger partial charge on any atom is -0.481 e. The summed E-state index contributed by atoms with van der Waals surface area (Å²) in [5.74, 6) is -0.891. The summed E-state index contributed by atoms with van der Waals surface area (Å²) in [6.07, 6.45) is 1.05. The molecule has 0 saturated heterocycles. The second-order valence-corrected chi connectivity index (χ2v) is 5.07. The minimum absolute atomic E-state index is 0.00461. The van der Waals surface area contributed by atoms with Gasteiger partial charge in [0.05, 0.1) is 6.42 Å². The van der Waals surface area contributed by atoms with E-state index >= 15 is 0 Å². The maximum Gasteiger partial charge on any atom is 0.303 e. The van der Waals surface area contributed by atoms with Crippen LogP contribution in [0.15, 0.2) is 0 Å². The average Bonchev–Trinajstić information content (AvgIpc) is 2.14. The molecule has 0 aromatic rings. The van der Waals surface area contributed by atoms with Crippen LogP contribution in [-0.4, -0.2) is 49.2 Å². The third-order valence-electron chi connectivity index (χ3n) is 2.53. The lowest BCUT2D eigenvalue weighted by atomic mass is 9.85. The SMILES string of the molecule is COCCCN(C)C(=O)CC(C)(C)CC(=O)O. The molecule has 0 unspecified atom stereocenters. The van der Waals surface area contributed by atoms with Crippen LogP contribution in [0.5, 0.6) is 0 Å². The summed E-state index contributed by atoms with van der Waals surface area (Å²) in [7, 11) is 3.35. The molecular weight excluding hydrogens is 222 g/mol. The van der Waals surface area contributed by atoms with Crippen LogP contribution in [0.1, 0.15) is 33.1 Å². The fourth-order valence-electron chi connectivity index (χ4n) is 1.59. The molecule has 0 fully saturated rings. The summed E-state index contributed by atoms with van der Waals surface area (Å²) in [5.41, 5.74) is -0.502. The molecule has 0 aliphatic rings. The molecule has 0 spiro atoms. The van der Waals surface area contributed by atoms with E-state index in [4.69, 9.17) is 9.84 Å². The Morgan fingerprint density at radius 2 is 1.88 bits per heavy atom. The highest BCUT2D eigenvalue weighted by molar-refractivity contribution is 5.77. The second-order valence-electron chi connectivity index (χ2n) is 5.07. The van der Waals surface area contributed by atoms with E-state index in [1.807, 2.05) is 0 Å². The Labute approximate surface area is 103 Å². The molecule has 0 bridgehead atoms. The number of ether oxygens (including phenoxy) is 1. The van der Waals surface area contributed by atoms with Crippen molar-refractivity contribution in [3.8, 4) is 0 Å². The molecule has 1 N–H and O–H groups in total. The Bertz CT molecular complexity index is 263. The molecule has 100 valence electrons. The Morgan fingerprint density at radius 3 is 2.35 bits per heavy atom. The van der Waals surface area contributed by atoms with Gasteiger partial charge in [0.25, 0.3) is 0 Å². The van der Waals surface area contributed by atoms with Gasteiger partial charge in [-0.25, -0.2) is 0 Å². The van der Waals surface area contributed by atoms with Crippen LogP contribution in [0.25, 0.3) is 0 Å². The van der Waals surface area contributed by atoms with Gasteiger partial charge in [-0.05, 0) is 11.8 Å². The number of carboxylic acid groups (broad SMARTS) is 1. The summed E-state index contributed by atoms with van der Waals surface area (Å²) >= 11 is 0. The second kappa shape index (κ2) is 7.27. The number of carboxylic acids is 1. The summed E-state index contributed by atoms with van der Waals surface area (Å²) in [6.45, 7) is 4.84. The summed E-state index contributed by atoms with van der Waals surface area (Å²) in [4.78, 5) is 24.1. The van der Waals surface area contributed by atoms with Crippen LogP contribution >= 0.6 is 0 Å². The first-order chi connectivity index (χ1) is 7.78. The van der Waals surface area contributed by atoms with Crippen LogP contribution in [0, 0.1) is 5.41 Å². The van der Waals surface area contributed by atoms with Crippen molar-refractivity contribution >= 4 is 11.9 Å². The van der Waals surface area contributed by atoms with Crippen LogP contribution in [0.2, 0.25) is 0 Å². The van der Waals surface area contributed by atoms with Crippen molar-refractivity contribution in [2.75, 3.05) is 27.3 Å². The standard InChI is InChI=1S/C12H23NO4/c1-12(2,9-11(15)16)8-10(14)13(3)6-5-7-17-4/h5-9H2,1-4H3,(H,15,16). The fourth-order valence-corrected chi connectivity index (χ4v) is 1.59. The number of hydrogen-bond acceptors (Lipinski definition) is 3. The molecule has 0 aliphatic heterocycles. The quantitative estimate of drug-likeness (QED) is 0.656. The zero-order valence-corrected chi connectivity index (χ0v) is 11.2. The predicted molar refractivity (Wildman–Crippen MR) is 64.8 cm³/mol. The highest BCUT2D eigenvalue weighted by Crippen LogP contribution is 2.25. The number of nitrogens with zero attached hydrogens (tertiary/aromatic N) is 1. The zero-order valence-electron chi connectivity index (χ0n) is 11.2. The lowest BCUT2D eigenvalue weighted by molar-refractivity contribution is -0.140. The number of aliphatic carboxylic acids is 1. The Kier molecular flexibility index (Phi) is 6.80. The van der Waals surface area contributed by atoms with E-state index in [-0.39, 0.29) is 18.7 Å². The fraction of sp³-hybridized carbons (Fsp3) is 0.833. The van der Waals surface area contributed by atoms with Crippen LogP contribution < -0.4 is 0 Å². The Hall–Kier alpha value is -1.10. The first-order valence-electron chi connectivity index (χ1n) is 5.73. The highest BCUT2D eigenvalue weighted by Gasteiger charge is 2.26. The van der Waals surface area contributed by atoms with Gasteiger partial charge in [-0.2, -0.15) is 0 Å². The van der Waals surface area contributed by atoms with Gasteiger partial charge in [0, 0.05) is 33.7 Å². The van der Waals surface area contributed by atoms with Crippen molar-refractivity contribution in [1.82, 2.24) is 4.90 Å². The molecule has 17 heavy (non-hydrogen) atoms. The molecule has 5 heteroatoms. The smallest absolute Gasteiger partial charge is 0.303 e. The number of amides is 1. The van der Waals surface area contributed by atoms with Crippen molar-refractivity contribution in [1.29, 1.82) is 0 Å². The molecule has 0 heterocycles. The average molecular weight is 245 g/mol. The predicted octanol–water partition coefficient (Wildman–Crippen LogP) is 1.37. The number of rotatable bonds is 8. The summed E-state index contributed by atoms with van der Waals surface area (Å²) in [6, 6.07) is 0. The minimum atomic E-state index is -0.871. The van der Waals surface area contributed by atoms with Crippen molar-refractivity contribution in [3.63, 3.8) is 0 Å². The number of carbonyl (C=O) groups is 2. The molecule has 5 nitrogen and oxygen atoms in total. The third kappa shape index (κ3) is 7.74. The van der Waals surface area contributed by atoms with E-state index in [1.54, 1.807) is 32.9 Å². The Balaban J connectivity index is 4.09. The highest BCUT2D eigenvalue weighted by atomic mass is 16.5. The number of hydrogen-bond donors (Lipinski definition) is 1. The van der Waals surface area contributed by atoms with Crippen LogP contribution in [0.3, 0.4) is 0 Å². The molecule has 0 rings (SSSR count). The van der Waals surface area contributed by atoms with Crippen molar-refractivity contribution in [2.45, 2.75) is 33.1 Å².